The SMILES string of the molecule is CC(O)C(C)C(c1cccc(F)c1)c1cccc(F)c1. The Morgan fingerprint density at radius 2 is 1.30 bits per heavy atom. The van der Waals surface area contributed by atoms with Crippen molar-refractivity contribution < 1.29 is 13.9 Å². The van der Waals surface area contributed by atoms with E-state index < -0.39 is 6.10 Å². The van der Waals surface area contributed by atoms with Gasteiger partial charge in [-0.3, -0.25) is 0 Å². The fourth-order valence-electron chi connectivity index (χ4n) is 2.48. The first-order valence-electron chi connectivity index (χ1n) is 6.68. The molecule has 0 heterocycles. The van der Waals surface area contributed by atoms with Crippen LogP contribution in [0, 0.1) is 17.6 Å². The maximum atomic E-state index is 13.5. The second-order valence-electron chi connectivity index (χ2n) is 5.19. The molecule has 1 N–H and O–H groups in total. The lowest BCUT2D eigenvalue weighted by molar-refractivity contribution is 0.126. The molecule has 0 spiro atoms. The van der Waals surface area contributed by atoms with Crippen LogP contribution in [0.15, 0.2) is 48.5 Å². The van der Waals surface area contributed by atoms with Crippen molar-refractivity contribution >= 4 is 0 Å². The summed E-state index contributed by atoms with van der Waals surface area (Å²) in [5, 5.41) is 9.87. The number of benzene rings is 2. The first-order valence-corrected chi connectivity index (χ1v) is 6.68. The molecule has 0 radical (unpaired) electrons. The molecular weight excluding hydrogens is 258 g/mol. The summed E-state index contributed by atoms with van der Waals surface area (Å²) < 4.78 is 26.9. The monoisotopic (exact) mass is 276 g/mol. The van der Waals surface area contributed by atoms with Crippen molar-refractivity contribution in [3.63, 3.8) is 0 Å². The van der Waals surface area contributed by atoms with Crippen LogP contribution >= 0.6 is 0 Å². The third-order valence-corrected chi connectivity index (χ3v) is 3.70. The molecule has 2 atom stereocenters. The molecule has 2 unspecified atom stereocenters. The lowest BCUT2D eigenvalue weighted by Gasteiger charge is -2.27. The molecule has 0 saturated heterocycles. The van der Waals surface area contributed by atoms with Crippen molar-refractivity contribution in [2.75, 3.05) is 0 Å². The van der Waals surface area contributed by atoms with E-state index in [0.29, 0.717) is 0 Å². The fraction of sp³-hybridized carbons (Fsp3) is 0.294. The van der Waals surface area contributed by atoms with Crippen LogP contribution in [0.5, 0.6) is 0 Å². The normalized spacial score (nSPS) is 14.3. The van der Waals surface area contributed by atoms with Crippen LogP contribution < -0.4 is 0 Å². The number of hydrogen-bond acceptors (Lipinski definition) is 1. The summed E-state index contributed by atoms with van der Waals surface area (Å²) in [6.07, 6.45) is -0.577. The highest BCUT2D eigenvalue weighted by atomic mass is 19.1. The Morgan fingerprint density at radius 3 is 1.65 bits per heavy atom. The van der Waals surface area contributed by atoms with Crippen LogP contribution in [0.1, 0.15) is 30.9 Å². The first kappa shape index (κ1) is 14.7. The van der Waals surface area contributed by atoms with E-state index in [9.17, 15) is 13.9 Å². The number of aliphatic hydroxyl groups excluding tert-OH is 1. The van der Waals surface area contributed by atoms with Crippen molar-refractivity contribution in [2.24, 2.45) is 5.92 Å². The van der Waals surface area contributed by atoms with Crippen LogP contribution in [0.2, 0.25) is 0 Å². The lowest BCUT2D eigenvalue weighted by atomic mass is 9.79. The molecule has 0 saturated carbocycles. The zero-order valence-electron chi connectivity index (χ0n) is 11.6. The standard InChI is InChI=1S/C17H18F2O/c1-11(12(2)20)17(13-5-3-7-15(18)9-13)14-6-4-8-16(19)10-14/h3-12,17,20H,1-2H3. The smallest absolute Gasteiger partial charge is 0.123 e. The van der Waals surface area contributed by atoms with Gasteiger partial charge in [0.05, 0.1) is 6.10 Å². The van der Waals surface area contributed by atoms with Gasteiger partial charge in [-0.2, -0.15) is 0 Å². The number of hydrogen-bond donors (Lipinski definition) is 1. The first-order chi connectivity index (χ1) is 9.49. The quantitative estimate of drug-likeness (QED) is 0.891. The maximum Gasteiger partial charge on any atom is 0.123 e. The highest BCUT2D eigenvalue weighted by molar-refractivity contribution is 5.34. The van der Waals surface area contributed by atoms with Crippen LogP contribution in [0.3, 0.4) is 0 Å². The van der Waals surface area contributed by atoms with Gasteiger partial charge >= 0.3 is 0 Å². The van der Waals surface area contributed by atoms with E-state index in [1.54, 1.807) is 31.2 Å². The van der Waals surface area contributed by atoms with Gasteiger partial charge in [0.1, 0.15) is 11.6 Å². The highest BCUT2D eigenvalue weighted by Crippen LogP contribution is 2.34. The molecule has 106 valence electrons. The second-order valence-corrected chi connectivity index (χ2v) is 5.19. The minimum atomic E-state index is -0.577. The fourth-order valence-corrected chi connectivity index (χ4v) is 2.48. The predicted molar refractivity (Wildman–Crippen MR) is 75.5 cm³/mol. The van der Waals surface area contributed by atoms with Crippen molar-refractivity contribution in [2.45, 2.75) is 25.9 Å². The largest absolute Gasteiger partial charge is 0.393 e. The summed E-state index contributed by atoms with van der Waals surface area (Å²) >= 11 is 0. The minimum absolute atomic E-state index is 0.154. The third kappa shape index (κ3) is 3.23. The van der Waals surface area contributed by atoms with E-state index in [1.807, 2.05) is 6.92 Å². The Morgan fingerprint density at radius 1 is 0.850 bits per heavy atom. The lowest BCUT2D eigenvalue weighted by Crippen LogP contribution is -2.22. The van der Waals surface area contributed by atoms with Crippen molar-refractivity contribution in [1.29, 1.82) is 0 Å². The topological polar surface area (TPSA) is 20.2 Å². The molecule has 0 aromatic heterocycles. The predicted octanol–water partition coefficient (Wildman–Crippen LogP) is 4.11. The van der Waals surface area contributed by atoms with Crippen molar-refractivity contribution in [3.05, 3.63) is 71.3 Å². The van der Waals surface area contributed by atoms with Gasteiger partial charge < -0.3 is 5.11 Å². The van der Waals surface area contributed by atoms with E-state index in [1.165, 1.54) is 24.3 Å². The Kier molecular flexibility index (Phi) is 4.50. The van der Waals surface area contributed by atoms with Gasteiger partial charge in [-0.25, -0.2) is 8.78 Å². The van der Waals surface area contributed by atoms with Crippen LogP contribution in [-0.4, -0.2) is 11.2 Å². The summed E-state index contributed by atoms with van der Waals surface area (Å²) in [4.78, 5) is 0. The molecule has 2 aromatic carbocycles. The minimum Gasteiger partial charge on any atom is -0.393 e. The van der Waals surface area contributed by atoms with E-state index in [0.717, 1.165) is 11.1 Å². The molecule has 3 heteroatoms. The summed E-state index contributed by atoms with van der Waals surface area (Å²) in [5.74, 6) is -1.07. The van der Waals surface area contributed by atoms with Gasteiger partial charge in [-0.05, 0) is 48.2 Å². The van der Waals surface area contributed by atoms with Crippen molar-refractivity contribution in [1.82, 2.24) is 0 Å². The van der Waals surface area contributed by atoms with Gasteiger partial charge in [0, 0.05) is 5.92 Å². The van der Waals surface area contributed by atoms with Crippen LogP contribution in [0.4, 0.5) is 8.78 Å². The van der Waals surface area contributed by atoms with E-state index >= 15 is 0 Å². The van der Waals surface area contributed by atoms with Gasteiger partial charge in [0.2, 0.25) is 0 Å². The summed E-state index contributed by atoms with van der Waals surface area (Å²) in [7, 11) is 0. The van der Waals surface area contributed by atoms with Gasteiger partial charge in [0.15, 0.2) is 0 Å². The van der Waals surface area contributed by atoms with Crippen LogP contribution in [-0.2, 0) is 0 Å². The Bertz CT molecular complexity index is 535. The van der Waals surface area contributed by atoms with E-state index in [4.69, 9.17) is 0 Å². The Hall–Kier alpha value is -1.74. The number of halogens is 2. The zero-order chi connectivity index (χ0) is 14.7. The summed E-state index contributed by atoms with van der Waals surface area (Å²) in [5.41, 5.74) is 1.48. The molecule has 0 aliphatic heterocycles. The molecule has 0 fully saturated rings. The molecule has 2 rings (SSSR count). The van der Waals surface area contributed by atoms with Gasteiger partial charge in [0.25, 0.3) is 0 Å². The number of rotatable bonds is 4. The molecule has 0 amide bonds. The number of aliphatic hydroxyl groups is 1. The molecule has 0 aliphatic rings. The second kappa shape index (κ2) is 6.14. The van der Waals surface area contributed by atoms with Gasteiger partial charge in [-0.1, -0.05) is 31.2 Å². The van der Waals surface area contributed by atoms with Crippen molar-refractivity contribution in [3.8, 4) is 0 Å². The Labute approximate surface area is 117 Å². The third-order valence-electron chi connectivity index (χ3n) is 3.70. The Balaban J connectivity index is 2.50. The average molecular weight is 276 g/mol. The highest BCUT2D eigenvalue weighted by Gasteiger charge is 2.25. The molecule has 0 bridgehead atoms. The zero-order valence-corrected chi connectivity index (χ0v) is 11.6. The molecule has 1 nitrogen and oxygen atoms in total. The molecule has 2 aromatic rings. The average Bonchev–Trinajstić information content (AvgIpc) is 2.39. The molecule has 20 heavy (non-hydrogen) atoms. The van der Waals surface area contributed by atoms with Crippen LogP contribution in [0.25, 0.3) is 0 Å². The maximum absolute atomic E-state index is 13.5. The van der Waals surface area contributed by atoms with Gasteiger partial charge in [-0.15, -0.1) is 0 Å². The summed E-state index contributed by atoms with van der Waals surface area (Å²) in [6.45, 7) is 3.57. The van der Waals surface area contributed by atoms with E-state index in [-0.39, 0.29) is 23.5 Å². The molecular formula is C17H18F2O. The van der Waals surface area contributed by atoms with E-state index in [2.05, 4.69) is 0 Å². The molecule has 0 aliphatic carbocycles. The summed E-state index contributed by atoms with van der Waals surface area (Å²) in [6, 6.07) is 12.5.